The van der Waals surface area contributed by atoms with Crippen LogP contribution in [0.4, 0.5) is 0 Å². The van der Waals surface area contributed by atoms with Crippen LogP contribution in [0.25, 0.3) is 0 Å². The number of carbonyl (C=O) groups is 1. The SMILES string of the molecule is CC1CCCC(CC(=O)C2(C)CNC2)C1. The number of nitrogens with one attached hydrogen (secondary N) is 1. The second kappa shape index (κ2) is 4.25. The molecule has 1 aliphatic heterocycles. The van der Waals surface area contributed by atoms with Crippen molar-refractivity contribution in [1.29, 1.82) is 0 Å². The van der Waals surface area contributed by atoms with Crippen LogP contribution in [0.1, 0.15) is 46.0 Å². The Hall–Kier alpha value is -0.370. The van der Waals surface area contributed by atoms with E-state index in [1.165, 1.54) is 25.7 Å². The van der Waals surface area contributed by atoms with Crippen molar-refractivity contribution in [2.45, 2.75) is 46.0 Å². The smallest absolute Gasteiger partial charge is 0.141 e. The molecule has 0 aromatic carbocycles. The number of ketones is 1. The number of carbonyl (C=O) groups excluding carboxylic acids is 1. The van der Waals surface area contributed by atoms with E-state index >= 15 is 0 Å². The van der Waals surface area contributed by atoms with Crippen molar-refractivity contribution in [2.24, 2.45) is 17.3 Å². The van der Waals surface area contributed by atoms with Crippen LogP contribution in [-0.2, 0) is 4.79 Å². The highest BCUT2D eigenvalue weighted by Gasteiger charge is 2.39. The number of Topliss-reactive ketones (excluding diaryl/α,β-unsaturated/α-hetero) is 1. The average molecular weight is 209 g/mol. The predicted molar refractivity (Wildman–Crippen MR) is 61.7 cm³/mol. The third-order valence-electron chi connectivity index (χ3n) is 4.22. The average Bonchev–Trinajstić information content (AvgIpc) is 2.14. The lowest BCUT2D eigenvalue weighted by Crippen LogP contribution is -2.56. The number of rotatable bonds is 3. The van der Waals surface area contributed by atoms with Gasteiger partial charge in [0.1, 0.15) is 5.78 Å². The molecule has 2 fully saturated rings. The van der Waals surface area contributed by atoms with Crippen LogP contribution >= 0.6 is 0 Å². The molecule has 2 unspecified atom stereocenters. The Morgan fingerprint density at radius 2 is 2.13 bits per heavy atom. The van der Waals surface area contributed by atoms with Gasteiger partial charge in [0.2, 0.25) is 0 Å². The second-order valence-corrected chi connectivity index (χ2v) is 5.93. The quantitative estimate of drug-likeness (QED) is 0.773. The maximum Gasteiger partial charge on any atom is 0.141 e. The van der Waals surface area contributed by atoms with Crippen molar-refractivity contribution < 1.29 is 4.79 Å². The van der Waals surface area contributed by atoms with E-state index in [1.807, 2.05) is 0 Å². The van der Waals surface area contributed by atoms with Gasteiger partial charge < -0.3 is 5.32 Å². The molecule has 1 saturated heterocycles. The fraction of sp³-hybridized carbons (Fsp3) is 0.923. The number of hydrogen-bond donors (Lipinski definition) is 1. The Bertz CT molecular complexity index is 245. The van der Waals surface area contributed by atoms with Gasteiger partial charge in [-0.1, -0.05) is 33.1 Å². The minimum absolute atomic E-state index is 0.0271. The summed E-state index contributed by atoms with van der Waals surface area (Å²) in [6, 6.07) is 0. The van der Waals surface area contributed by atoms with E-state index < -0.39 is 0 Å². The standard InChI is InChI=1S/C13H23NO/c1-10-4-3-5-11(6-10)7-12(15)13(2)8-14-9-13/h10-11,14H,3-9H2,1-2H3. The summed E-state index contributed by atoms with van der Waals surface area (Å²) in [6.45, 7) is 6.23. The molecule has 1 N–H and O–H groups in total. The molecule has 15 heavy (non-hydrogen) atoms. The summed E-state index contributed by atoms with van der Waals surface area (Å²) in [5, 5.41) is 3.21. The molecule has 2 aliphatic rings. The Morgan fingerprint density at radius 1 is 1.40 bits per heavy atom. The van der Waals surface area contributed by atoms with Gasteiger partial charge in [0.15, 0.2) is 0 Å². The van der Waals surface area contributed by atoms with E-state index in [0.29, 0.717) is 11.7 Å². The van der Waals surface area contributed by atoms with Gasteiger partial charge in [0.25, 0.3) is 0 Å². The van der Waals surface area contributed by atoms with Gasteiger partial charge in [-0.3, -0.25) is 4.79 Å². The zero-order valence-electron chi connectivity index (χ0n) is 10.0. The van der Waals surface area contributed by atoms with Gasteiger partial charge in [0, 0.05) is 19.5 Å². The van der Waals surface area contributed by atoms with Crippen LogP contribution in [0.15, 0.2) is 0 Å². The molecule has 1 heterocycles. The van der Waals surface area contributed by atoms with E-state index in [4.69, 9.17) is 0 Å². The van der Waals surface area contributed by atoms with Gasteiger partial charge in [-0.15, -0.1) is 0 Å². The summed E-state index contributed by atoms with van der Waals surface area (Å²) in [6.07, 6.45) is 6.08. The van der Waals surface area contributed by atoms with Crippen LogP contribution in [0.2, 0.25) is 0 Å². The topological polar surface area (TPSA) is 29.1 Å². The van der Waals surface area contributed by atoms with E-state index in [1.54, 1.807) is 0 Å². The monoisotopic (exact) mass is 209 g/mol. The first-order chi connectivity index (χ1) is 7.10. The fourth-order valence-corrected chi connectivity index (χ4v) is 2.95. The first-order valence-corrected chi connectivity index (χ1v) is 6.34. The molecule has 2 heteroatoms. The third-order valence-corrected chi connectivity index (χ3v) is 4.22. The molecule has 0 radical (unpaired) electrons. The largest absolute Gasteiger partial charge is 0.315 e. The van der Waals surface area contributed by atoms with Crippen molar-refractivity contribution in [3.05, 3.63) is 0 Å². The molecule has 2 rings (SSSR count). The summed E-state index contributed by atoms with van der Waals surface area (Å²) >= 11 is 0. The molecular formula is C13H23NO. The molecule has 2 nitrogen and oxygen atoms in total. The summed E-state index contributed by atoms with van der Waals surface area (Å²) in [5.74, 6) is 2.02. The van der Waals surface area contributed by atoms with Gasteiger partial charge in [-0.2, -0.15) is 0 Å². The van der Waals surface area contributed by atoms with E-state index in [9.17, 15) is 4.79 Å². The molecule has 1 saturated carbocycles. The summed E-state index contributed by atoms with van der Waals surface area (Å²) in [5.41, 5.74) is -0.0271. The normalized spacial score (nSPS) is 34.5. The molecule has 86 valence electrons. The molecule has 1 aliphatic carbocycles. The lowest BCUT2D eigenvalue weighted by atomic mass is 9.73. The van der Waals surface area contributed by atoms with Crippen molar-refractivity contribution in [1.82, 2.24) is 5.32 Å². The van der Waals surface area contributed by atoms with Crippen LogP contribution in [-0.4, -0.2) is 18.9 Å². The summed E-state index contributed by atoms with van der Waals surface area (Å²) in [7, 11) is 0. The maximum absolute atomic E-state index is 12.1. The molecular weight excluding hydrogens is 186 g/mol. The van der Waals surface area contributed by atoms with Crippen LogP contribution in [0.3, 0.4) is 0 Å². The highest BCUT2D eigenvalue weighted by Crippen LogP contribution is 2.34. The summed E-state index contributed by atoms with van der Waals surface area (Å²) in [4.78, 5) is 12.1. The molecule has 0 bridgehead atoms. The van der Waals surface area contributed by atoms with Crippen LogP contribution in [0, 0.1) is 17.3 Å². The third kappa shape index (κ3) is 2.41. The van der Waals surface area contributed by atoms with E-state index in [2.05, 4.69) is 19.2 Å². The summed E-state index contributed by atoms with van der Waals surface area (Å²) < 4.78 is 0. The molecule has 0 aromatic rings. The van der Waals surface area contributed by atoms with Crippen molar-refractivity contribution in [3.63, 3.8) is 0 Å². The zero-order chi connectivity index (χ0) is 10.9. The number of hydrogen-bond acceptors (Lipinski definition) is 2. The van der Waals surface area contributed by atoms with Gasteiger partial charge in [0.05, 0.1) is 5.41 Å². The predicted octanol–water partition coefficient (Wildman–Crippen LogP) is 2.38. The Labute approximate surface area is 92.8 Å². The second-order valence-electron chi connectivity index (χ2n) is 5.93. The van der Waals surface area contributed by atoms with Crippen LogP contribution < -0.4 is 5.32 Å². The fourth-order valence-electron chi connectivity index (χ4n) is 2.95. The van der Waals surface area contributed by atoms with Gasteiger partial charge in [-0.25, -0.2) is 0 Å². The molecule has 0 spiro atoms. The molecule has 0 aromatic heterocycles. The Kier molecular flexibility index (Phi) is 3.15. The van der Waals surface area contributed by atoms with Gasteiger partial charge >= 0.3 is 0 Å². The Morgan fingerprint density at radius 3 is 2.67 bits per heavy atom. The minimum atomic E-state index is -0.0271. The van der Waals surface area contributed by atoms with Crippen molar-refractivity contribution >= 4 is 5.78 Å². The first-order valence-electron chi connectivity index (χ1n) is 6.34. The lowest BCUT2D eigenvalue weighted by molar-refractivity contribution is -0.131. The first kappa shape index (κ1) is 11.1. The highest BCUT2D eigenvalue weighted by atomic mass is 16.1. The van der Waals surface area contributed by atoms with Crippen LogP contribution in [0.5, 0.6) is 0 Å². The lowest BCUT2D eigenvalue weighted by Gasteiger charge is -2.39. The maximum atomic E-state index is 12.1. The van der Waals surface area contributed by atoms with Crippen molar-refractivity contribution in [2.75, 3.05) is 13.1 Å². The zero-order valence-corrected chi connectivity index (χ0v) is 10.0. The highest BCUT2D eigenvalue weighted by molar-refractivity contribution is 5.86. The van der Waals surface area contributed by atoms with E-state index in [-0.39, 0.29) is 5.41 Å². The molecule has 2 atom stereocenters. The van der Waals surface area contributed by atoms with Gasteiger partial charge in [-0.05, 0) is 18.3 Å². The Balaban J connectivity index is 1.83. The van der Waals surface area contributed by atoms with E-state index in [0.717, 1.165) is 25.4 Å². The minimum Gasteiger partial charge on any atom is -0.315 e. The molecule has 0 amide bonds. The van der Waals surface area contributed by atoms with Crippen molar-refractivity contribution in [3.8, 4) is 0 Å².